The van der Waals surface area contributed by atoms with Gasteiger partial charge in [0.15, 0.2) is 0 Å². The fourth-order valence-electron chi connectivity index (χ4n) is 2.40. The SMILES string of the molecule is Cc1cc2c(c(C(C)C#N)c1F)OC(C)(C)CC2. The zero-order valence-corrected chi connectivity index (χ0v) is 11.3. The van der Waals surface area contributed by atoms with E-state index in [1.807, 2.05) is 19.9 Å². The molecule has 1 aliphatic heterocycles. The van der Waals surface area contributed by atoms with Crippen LogP contribution in [0.1, 0.15) is 49.8 Å². The largest absolute Gasteiger partial charge is 0.487 e. The molecule has 0 N–H and O–H groups in total. The molecule has 1 unspecified atom stereocenters. The lowest BCUT2D eigenvalue weighted by molar-refractivity contribution is 0.0824. The minimum absolute atomic E-state index is 0.293. The van der Waals surface area contributed by atoms with Crippen LogP contribution in [0.3, 0.4) is 0 Å². The molecule has 2 nitrogen and oxygen atoms in total. The van der Waals surface area contributed by atoms with Gasteiger partial charge in [-0.05, 0) is 57.7 Å². The van der Waals surface area contributed by atoms with Crippen LogP contribution in [-0.4, -0.2) is 5.60 Å². The maximum absolute atomic E-state index is 14.2. The number of benzene rings is 1. The third-order valence-electron chi connectivity index (χ3n) is 3.51. The van der Waals surface area contributed by atoms with E-state index in [0.29, 0.717) is 16.9 Å². The van der Waals surface area contributed by atoms with Gasteiger partial charge in [-0.2, -0.15) is 5.26 Å². The Morgan fingerprint density at radius 3 is 2.78 bits per heavy atom. The maximum Gasteiger partial charge on any atom is 0.134 e. The third kappa shape index (κ3) is 2.08. The topological polar surface area (TPSA) is 33.0 Å². The number of rotatable bonds is 1. The molecule has 1 aromatic rings. The molecule has 0 aliphatic carbocycles. The first-order valence-electron chi connectivity index (χ1n) is 6.26. The van der Waals surface area contributed by atoms with Crippen molar-refractivity contribution in [3.8, 4) is 11.8 Å². The van der Waals surface area contributed by atoms with Gasteiger partial charge >= 0.3 is 0 Å². The lowest BCUT2D eigenvalue weighted by atomic mass is 9.88. The molecule has 1 aromatic carbocycles. The van der Waals surface area contributed by atoms with Crippen molar-refractivity contribution in [1.82, 2.24) is 0 Å². The fourth-order valence-corrected chi connectivity index (χ4v) is 2.40. The number of halogens is 1. The predicted molar refractivity (Wildman–Crippen MR) is 68.2 cm³/mol. The molecule has 18 heavy (non-hydrogen) atoms. The number of ether oxygens (including phenoxy) is 1. The summed E-state index contributed by atoms with van der Waals surface area (Å²) in [4.78, 5) is 0. The zero-order chi connectivity index (χ0) is 13.5. The molecule has 1 heterocycles. The van der Waals surface area contributed by atoms with Crippen molar-refractivity contribution < 1.29 is 9.13 Å². The molecule has 0 amide bonds. The number of hydrogen-bond donors (Lipinski definition) is 0. The lowest BCUT2D eigenvalue weighted by Gasteiger charge is -2.34. The van der Waals surface area contributed by atoms with Crippen LogP contribution in [-0.2, 0) is 6.42 Å². The summed E-state index contributed by atoms with van der Waals surface area (Å²) < 4.78 is 20.2. The Kier molecular flexibility index (Phi) is 3.06. The summed E-state index contributed by atoms with van der Waals surface area (Å²) >= 11 is 0. The van der Waals surface area contributed by atoms with Gasteiger partial charge in [-0.25, -0.2) is 4.39 Å². The minimum atomic E-state index is -0.493. The van der Waals surface area contributed by atoms with Crippen molar-refractivity contribution in [2.45, 2.75) is 52.1 Å². The van der Waals surface area contributed by atoms with E-state index in [1.165, 1.54) is 0 Å². The quantitative estimate of drug-likeness (QED) is 0.754. The molecule has 3 heteroatoms. The highest BCUT2D eigenvalue weighted by molar-refractivity contribution is 5.50. The van der Waals surface area contributed by atoms with E-state index < -0.39 is 5.92 Å². The van der Waals surface area contributed by atoms with Crippen LogP contribution in [0.5, 0.6) is 5.75 Å². The molecule has 1 aliphatic rings. The lowest BCUT2D eigenvalue weighted by Crippen LogP contribution is -2.33. The van der Waals surface area contributed by atoms with Gasteiger partial charge in [0.25, 0.3) is 0 Å². The normalized spacial score (nSPS) is 18.4. The molecule has 0 saturated heterocycles. The Hall–Kier alpha value is -1.56. The summed E-state index contributed by atoms with van der Waals surface area (Å²) in [6.45, 7) is 7.44. The standard InChI is InChI=1S/C15H18FNO/c1-9-7-11-5-6-15(3,4)18-14(11)12(13(9)16)10(2)8-17/h7,10H,5-6H2,1-4H3. The fraction of sp³-hybridized carbons (Fsp3) is 0.533. The number of hydrogen-bond acceptors (Lipinski definition) is 2. The Morgan fingerprint density at radius 1 is 1.50 bits per heavy atom. The van der Waals surface area contributed by atoms with Crippen LogP contribution >= 0.6 is 0 Å². The molecular formula is C15H18FNO. The zero-order valence-electron chi connectivity index (χ0n) is 11.3. The Labute approximate surface area is 107 Å². The van der Waals surface area contributed by atoms with Gasteiger partial charge in [0.2, 0.25) is 0 Å². The second-order valence-electron chi connectivity index (χ2n) is 5.62. The molecular weight excluding hydrogens is 229 g/mol. The number of fused-ring (bicyclic) bond motifs is 1. The van der Waals surface area contributed by atoms with E-state index in [9.17, 15) is 4.39 Å². The smallest absolute Gasteiger partial charge is 0.134 e. The minimum Gasteiger partial charge on any atom is -0.487 e. The van der Waals surface area contributed by atoms with Gasteiger partial charge in [0.05, 0.1) is 12.0 Å². The van der Waals surface area contributed by atoms with E-state index >= 15 is 0 Å². The first-order valence-corrected chi connectivity index (χ1v) is 6.26. The van der Waals surface area contributed by atoms with Crippen molar-refractivity contribution in [2.24, 2.45) is 0 Å². The molecule has 0 spiro atoms. The molecule has 0 radical (unpaired) electrons. The molecule has 0 saturated carbocycles. The monoisotopic (exact) mass is 247 g/mol. The maximum atomic E-state index is 14.2. The van der Waals surface area contributed by atoms with E-state index in [2.05, 4.69) is 6.07 Å². The Bertz CT molecular complexity index is 528. The average molecular weight is 247 g/mol. The highest BCUT2D eigenvalue weighted by atomic mass is 19.1. The molecule has 0 aromatic heterocycles. The van der Waals surface area contributed by atoms with E-state index in [0.717, 1.165) is 18.4 Å². The van der Waals surface area contributed by atoms with Crippen molar-refractivity contribution >= 4 is 0 Å². The Morgan fingerprint density at radius 2 is 2.17 bits per heavy atom. The predicted octanol–water partition coefficient (Wildman–Crippen LogP) is 3.86. The van der Waals surface area contributed by atoms with Gasteiger partial charge in [-0.3, -0.25) is 0 Å². The van der Waals surface area contributed by atoms with Gasteiger partial charge in [-0.1, -0.05) is 0 Å². The first-order chi connectivity index (χ1) is 8.35. The van der Waals surface area contributed by atoms with Crippen LogP contribution in [0, 0.1) is 24.1 Å². The summed E-state index contributed by atoms with van der Waals surface area (Å²) in [5, 5.41) is 9.06. The average Bonchev–Trinajstić information content (AvgIpc) is 2.30. The van der Waals surface area contributed by atoms with Gasteiger partial charge in [0, 0.05) is 5.56 Å². The number of nitriles is 1. The number of aryl methyl sites for hydroxylation is 2. The Balaban J connectivity index is 2.64. The summed E-state index contributed by atoms with van der Waals surface area (Å²) in [5.41, 5.74) is 1.73. The second kappa shape index (κ2) is 4.28. The summed E-state index contributed by atoms with van der Waals surface area (Å²) in [6, 6.07) is 3.95. The van der Waals surface area contributed by atoms with Gasteiger partial charge in [0.1, 0.15) is 17.2 Å². The molecule has 0 fully saturated rings. The molecule has 2 rings (SSSR count). The molecule has 96 valence electrons. The van der Waals surface area contributed by atoms with Crippen molar-refractivity contribution in [1.29, 1.82) is 5.26 Å². The van der Waals surface area contributed by atoms with Gasteiger partial charge in [-0.15, -0.1) is 0 Å². The van der Waals surface area contributed by atoms with Crippen LogP contribution in [0.4, 0.5) is 4.39 Å². The van der Waals surface area contributed by atoms with Crippen LogP contribution < -0.4 is 4.74 Å². The third-order valence-corrected chi connectivity index (χ3v) is 3.51. The first kappa shape index (κ1) is 12.9. The highest BCUT2D eigenvalue weighted by Crippen LogP contribution is 2.41. The van der Waals surface area contributed by atoms with E-state index in [1.54, 1.807) is 13.8 Å². The highest BCUT2D eigenvalue weighted by Gasteiger charge is 2.31. The summed E-state index contributed by atoms with van der Waals surface area (Å²) in [7, 11) is 0. The van der Waals surface area contributed by atoms with Crippen molar-refractivity contribution in [2.75, 3.05) is 0 Å². The number of nitrogens with zero attached hydrogens (tertiary/aromatic N) is 1. The van der Waals surface area contributed by atoms with Gasteiger partial charge < -0.3 is 4.74 Å². The van der Waals surface area contributed by atoms with E-state index in [-0.39, 0.29) is 11.4 Å². The summed E-state index contributed by atoms with van der Waals surface area (Å²) in [5.74, 6) is -0.212. The van der Waals surface area contributed by atoms with E-state index in [4.69, 9.17) is 10.00 Å². The van der Waals surface area contributed by atoms with Crippen molar-refractivity contribution in [3.05, 3.63) is 28.6 Å². The molecule has 1 atom stereocenters. The van der Waals surface area contributed by atoms with Crippen LogP contribution in [0.15, 0.2) is 6.07 Å². The van der Waals surface area contributed by atoms with Crippen LogP contribution in [0.25, 0.3) is 0 Å². The second-order valence-corrected chi connectivity index (χ2v) is 5.62. The summed E-state index contributed by atoms with van der Waals surface area (Å²) in [6.07, 6.45) is 1.78. The molecule has 0 bridgehead atoms. The van der Waals surface area contributed by atoms with Crippen LogP contribution in [0.2, 0.25) is 0 Å². The van der Waals surface area contributed by atoms with Crippen molar-refractivity contribution in [3.63, 3.8) is 0 Å².